The molecular weight excluding hydrogens is 208 g/mol. The van der Waals surface area contributed by atoms with E-state index in [0.29, 0.717) is 11.5 Å². The minimum absolute atomic E-state index is 0.195. The van der Waals surface area contributed by atoms with Gasteiger partial charge in [-0.25, -0.2) is 8.78 Å². The highest BCUT2D eigenvalue weighted by Gasteiger charge is 2.15. The number of furan rings is 1. The first-order chi connectivity index (χ1) is 7.13. The van der Waals surface area contributed by atoms with E-state index in [2.05, 4.69) is 5.32 Å². The van der Waals surface area contributed by atoms with Gasteiger partial charge in [-0.1, -0.05) is 0 Å². The average molecular weight is 221 g/mol. The molecule has 1 heterocycles. The van der Waals surface area contributed by atoms with Crippen LogP contribution in [0.4, 0.5) is 8.78 Å². The van der Waals surface area contributed by atoms with Crippen molar-refractivity contribution >= 4 is 0 Å². The van der Waals surface area contributed by atoms with E-state index in [4.69, 9.17) is 14.6 Å². The molecule has 1 unspecified atom stereocenters. The third kappa shape index (κ3) is 3.94. The third-order valence-corrected chi connectivity index (χ3v) is 1.82. The summed E-state index contributed by atoms with van der Waals surface area (Å²) in [6.45, 7) is -0.156. The van der Waals surface area contributed by atoms with Gasteiger partial charge in [0.15, 0.2) is 0 Å². The monoisotopic (exact) mass is 221 g/mol. The number of halogens is 2. The van der Waals surface area contributed by atoms with Crippen molar-refractivity contribution in [1.82, 2.24) is 5.32 Å². The molecule has 6 heteroatoms. The lowest BCUT2D eigenvalue weighted by atomic mass is 10.3. The first kappa shape index (κ1) is 12.1. The van der Waals surface area contributed by atoms with E-state index in [1.807, 2.05) is 0 Å². The second-order valence-electron chi connectivity index (χ2n) is 3.06. The summed E-state index contributed by atoms with van der Waals surface area (Å²) >= 11 is 0. The molecule has 0 aliphatic heterocycles. The zero-order chi connectivity index (χ0) is 11.3. The molecule has 0 amide bonds. The van der Waals surface area contributed by atoms with Crippen LogP contribution in [-0.2, 0) is 13.2 Å². The third-order valence-electron chi connectivity index (χ3n) is 1.82. The summed E-state index contributed by atoms with van der Waals surface area (Å²) in [7, 11) is 0. The van der Waals surface area contributed by atoms with Crippen molar-refractivity contribution in [3.63, 3.8) is 0 Å². The van der Waals surface area contributed by atoms with Gasteiger partial charge in [-0.3, -0.25) is 0 Å². The van der Waals surface area contributed by atoms with E-state index >= 15 is 0 Å². The molecule has 0 saturated heterocycles. The molecule has 0 aliphatic rings. The maximum Gasteiger partial charge on any atom is 0.265 e. The fourth-order valence-electron chi connectivity index (χ4n) is 1.03. The van der Waals surface area contributed by atoms with Gasteiger partial charge in [-0.2, -0.15) is 0 Å². The number of aliphatic hydroxyl groups is 2. The molecule has 0 radical (unpaired) electrons. The van der Waals surface area contributed by atoms with Crippen LogP contribution in [0.1, 0.15) is 11.5 Å². The Hall–Kier alpha value is -0.980. The van der Waals surface area contributed by atoms with E-state index in [-0.39, 0.29) is 19.7 Å². The molecule has 0 aliphatic carbocycles. The Balaban J connectivity index is 2.25. The molecule has 1 aromatic rings. The smallest absolute Gasteiger partial charge is 0.265 e. The molecular formula is C9H13F2NO3. The van der Waals surface area contributed by atoms with Gasteiger partial charge < -0.3 is 19.9 Å². The van der Waals surface area contributed by atoms with E-state index in [1.165, 1.54) is 0 Å². The van der Waals surface area contributed by atoms with Crippen molar-refractivity contribution in [3.05, 3.63) is 23.7 Å². The number of nitrogens with one attached hydrogen (secondary N) is 1. The predicted molar refractivity (Wildman–Crippen MR) is 48.3 cm³/mol. The first-order valence-electron chi connectivity index (χ1n) is 4.49. The van der Waals surface area contributed by atoms with Crippen LogP contribution in [0.5, 0.6) is 0 Å². The second-order valence-corrected chi connectivity index (χ2v) is 3.06. The lowest BCUT2D eigenvalue weighted by molar-refractivity contribution is -0.00361. The minimum Gasteiger partial charge on any atom is -0.462 e. The first-order valence-corrected chi connectivity index (χ1v) is 4.49. The summed E-state index contributed by atoms with van der Waals surface area (Å²) in [6.07, 6.45) is -4.42. The van der Waals surface area contributed by atoms with Crippen LogP contribution < -0.4 is 5.32 Å². The van der Waals surface area contributed by atoms with Crippen LogP contribution in [0.15, 0.2) is 16.5 Å². The molecule has 1 atom stereocenters. The van der Waals surface area contributed by atoms with Gasteiger partial charge in [-0.05, 0) is 12.1 Å². The summed E-state index contributed by atoms with van der Waals surface area (Å²) < 4.78 is 28.8. The van der Waals surface area contributed by atoms with Gasteiger partial charge in [0.05, 0.1) is 6.54 Å². The Bertz CT molecular complexity index is 291. The summed E-state index contributed by atoms with van der Waals surface area (Å²) in [5, 5.41) is 20.1. The van der Waals surface area contributed by atoms with Crippen molar-refractivity contribution in [2.45, 2.75) is 25.7 Å². The average Bonchev–Trinajstić information content (AvgIpc) is 2.65. The standard InChI is InChI=1S/C9H13F2NO3/c10-9(11)8(14)4-12-3-6-1-2-7(5-13)15-6/h1-2,8-9,12-14H,3-5H2. The molecule has 0 saturated carbocycles. The quantitative estimate of drug-likeness (QED) is 0.654. The van der Waals surface area contributed by atoms with Gasteiger partial charge in [0.25, 0.3) is 6.43 Å². The fourth-order valence-corrected chi connectivity index (χ4v) is 1.03. The lowest BCUT2D eigenvalue weighted by Gasteiger charge is -2.09. The van der Waals surface area contributed by atoms with Gasteiger partial charge in [-0.15, -0.1) is 0 Å². The highest BCUT2D eigenvalue weighted by atomic mass is 19.3. The molecule has 86 valence electrons. The molecule has 0 bridgehead atoms. The van der Waals surface area contributed by atoms with Crippen LogP contribution in [-0.4, -0.2) is 29.3 Å². The second kappa shape index (κ2) is 5.79. The van der Waals surface area contributed by atoms with Gasteiger partial charge >= 0.3 is 0 Å². The number of hydrogen-bond acceptors (Lipinski definition) is 4. The summed E-state index contributed by atoms with van der Waals surface area (Å²) in [6, 6.07) is 3.23. The van der Waals surface area contributed by atoms with Crippen LogP contribution >= 0.6 is 0 Å². The Morgan fingerprint density at radius 1 is 1.33 bits per heavy atom. The SMILES string of the molecule is OCc1ccc(CNCC(O)C(F)F)o1. The molecule has 15 heavy (non-hydrogen) atoms. The number of alkyl halides is 2. The van der Waals surface area contributed by atoms with Gasteiger partial charge in [0.1, 0.15) is 24.2 Å². The molecule has 1 rings (SSSR count). The summed E-state index contributed by atoms with van der Waals surface area (Å²) in [5.74, 6) is 0.946. The van der Waals surface area contributed by atoms with E-state index < -0.39 is 12.5 Å². The van der Waals surface area contributed by atoms with Crippen LogP contribution in [0.3, 0.4) is 0 Å². The number of hydrogen-bond donors (Lipinski definition) is 3. The topological polar surface area (TPSA) is 65.6 Å². The van der Waals surface area contributed by atoms with Crippen molar-refractivity contribution in [2.75, 3.05) is 6.54 Å². The zero-order valence-corrected chi connectivity index (χ0v) is 7.99. The Kier molecular flexibility index (Phi) is 4.67. The largest absolute Gasteiger partial charge is 0.462 e. The summed E-state index contributed by atoms with van der Waals surface area (Å²) in [4.78, 5) is 0. The molecule has 1 aromatic heterocycles. The molecule has 0 fully saturated rings. The van der Waals surface area contributed by atoms with Crippen LogP contribution in [0.25, 0.3) is 0 Å². The van der Waals surface area contributed by atoms with Crippen LogP contribution in [0, 0.1) is 0 Å². The lowest BCUT2D eigenvalue weighted by Crippen LogP contribution is -2.31. The predicted octanol–water partition coefficient (Wildman–Crippen LogP) is 0.487. The Morgan fingerprint density at radius 2 is 2.00 bits per heavy atom. The van der Waals surface area contributed by atoms with Gasteiger partial charge in [0, 0.05) is 6.54 Å². The van der Waals surface area contributed by atoms with Crippen LogP contribution in [0.2, 0.25) is 0 Å². The maximum absolute atomic E-state index is 11.9. The normalized spacial score (nSPS) is 13.4. The number of rotatable bonds is 6. The number of aliphatic hydroxyl groups excluding tert-OH is 2. The van der Waals surface area contributed by atoms with Gasteiger partial charge in [0.2, 0.25) is 0 Å². The molecule has 0 spiro atoms. The van der Waals surface area contributed by atoms with E-state index in [0.717, 1.165) is 0 Å². The van der Waals surface area contributed by atoms with Crippen molar-refractivity contribution < 1.29 is 23.4 Å². The Labute approximate surface area is 85.5 Å². The van der Waals surface area contributed by atoms with Crippen molar-refractivity contribution in [3.8, 4) is 0 Å². The summed E-state index contributed by atoms with van der Waals surface area (Å²) in [5.41, 5.74) is 0. The Morgan fingerprint density at radius 3 is 2.53 bits per heavy atom. The zero-order valence-electron chi connectivity index (χ0n) is 7.99. The molecule has 4 nitrogen and oxygen atoms in total. The molecule has 0 aromatic carbocycles. The van der Waals surface area contributed by atoms with Crippen molar-refractivity contribution in [1.29, 1.82) is 0 Å². The van der Waals surface area contributed by atoms with Crippen molar-refractivity contribution in [2.24, 2.45) is 0 Å². The minimum atomic E-state index is -2.75. The van der Waals surface area contributed by atoms with E-state index in [9.17, 15) is 8.78 Å². The van der Waals surface area contributed by atoms with E-state index in [1.54, 1.807) is 12.1 Å². The maximum atomic E-state index is 11.9. The molecule has 3 N–H and O–H groups in total. The fraction of sp³-hybridized carbons (Fsp3) is 0.556. The highest BCUT2D eigenvalue weighted by molar-refractivity contribution is 5.05. The highest BCUT2D eigenvalue weighted by Crippen LogP contribution is 2.07.